The van der Waals surface area contributed by atoms with Crippen LogP contribution in [0.4, 0.5) is 0 Å². The van der Waals surface area contributed by atoms with Crippen molar-refractivity contribution in [2.45, 2.75) is 78.1 Å². The number of carbonyl (C=O) groups is 2. The number of para-hydroxylation sites is 4. The predicted octanol–water partition coefficient (Wildman–Crippen LogP) is 9.95. The van der Waals surface area contributed by atoms with Crippen molar-refractivity contribution in [1.82, 2.24) is 0 Å². The molecule has 0 heterocycles. The SMILES string of the molecule is CCCCCCCOc1ccccc1OC(=O)[c-]1[cH-][cH-][cH-][cH-]1.CCCCCCCOc1ccccc1OC(=O)[c-]1cccc1.[Fe]. The van der Waals surface area contributed by atoms with Gasteiger partial charge >= 0.3 is 0 Å². The summed E-state index contributed by atoms with van der Waals surface area (Å²) in [6.45, 7) is 5.70. The van der Waals surface area contributed by atoms with E-state index in [1.54, 1.807) is 36.4 Å². The molecule has 0 saturated heterocycles. The van der Waals surface area contributed by atoms with Gasteiger partial charge in [0.1, 0.15) is 5.75 Å². The monoisotopic (exact) mass is 654 g/mol. The van der Waals surface area contributed by atoms with Gasteiger partial charge in [-0.3, -0.25) is 4.79 Å². The molecule has 0 unspecified atom stereocenters. The third-order valence-electron chi connectivity index (χ3n) is 6.91. The van der Waals surface area contributed by atoms with E-state index in [1.165, 1.54) is 51.4 Å². The third kappa shape index (κ3) is 14.2. The smallest absolute Gasteiger partial charge is 0.286 e. The summed E-state index contributed by atoms with van der Waals surface area (Å²) in [5.41, 5.74) is 1.10. The van der Waals surface area contributed by atoms with Crippen LogP contribution in [-0.4, -0.2) is 25.2 Å². The molecule has 0 amide bonds. The van der Waals surface area contributed by atoms with Gasteiger partial charge in [0.05, 0.1) is 13.2 Å². The number of carbonyl (C=O) groups excluding carboxylic acids is 2. The molecule has 0 aliphatic heterocycles. The average Bonchev–Trinajstić information content (AvgIpc) is 3.78. The number of esters is 2. The molecule has 0 aliphatic carbocycles. The van der Waals surface area contributed by atoms with Crippen LogP contribution in [0.15, 0.2) is 97.1 Å². The summed E-state index contributed by atoms with van der Waals surface area (Å²) in [5, 5.41) is 0. The molecule has 0 radical (unpaired) electrons. The summed E-state index contributed by atoms with van der Waals surface area (Å²) < 4.78 is 22.4. The fourth-order valence-corrected chi connectivity index (χ4v) is 4.42. The van der Waals surface area contributed by atoms with Crippen molar-refractivity contribution >= 4 is 11.9 Å². The topological polar surface area (TPSA) is 71.1 Å². The number of rotatable bonds is 18. The van der Waals surface area contributed by atoms with E-state index < -0.39 is 0 Å². The Morgan fingerprint density at radius 2 is 1.00 bits per heavy atom. The molecule has 0 spiro atoms. The van der Waals surface area contributed by atoms with E-state index in [9.17, 15) is 9.59 Å². The van der Waals surface area contributed by atoms with Crippen molar-refractivity contribution in [3.05, 3.63) is 108 Å². The molecule has 0 aliphatic rings. The summed E-state index contributed by atoms with van der Waals surface area (Å²) in [4.78, 5) is 24.0. The first-order valence-corrected chi connectivity index (χ1v) is 15.9. The second-order valence-electron chi connectivity index (χ2n) is 10.5. The van der Waals surface area contributed by atoms with Crippen molar-refractivity contribution in [1.29, 1.82) is 0 Å². The standard InChI is InChI=1S/2C19H23O3.Fe/c2*1-2-3-4-5-10-15-21-17-13-8-9-14-18(17)22-19(20)16-11-6-7-12-16;/h2*6-9,11-14H,2-5,10,15H2,1H3;/q-5;-1;. The van der Waals surface area contributed by atoms with E-state index in [0.29, 0.717) is 47.3 Å². The molecular weight excluding hydrogens is 608 g/mol. The predicted molar refractivity (Wildman–Crippen MR) is 175 cm³/mol. The minimum Gasteiger partial charge on any atom is -0.680 e. The van der Waals surface area contributed by atoms with Gasteiger partial charge in [-0.15, -0.1) is 0 Å². The van der Waals surface area contributed by atoms with Crippen LogP contribution in [0.3, 0.4) is 0 Å². The largest absolute Gasteiger partial charge is 0.680 e. The minimum absolute atomic E-state index is 0. The van der Waals surface area contributed by atoms with Gasteiger partial charge in [0.15, 0.2) is 17.2 Å². The summed E-state index contributed by atoms with van der Waals surface area (Å²) >= 11 is 0. The van der Waals surface area contributed by atoms with E-state index in [1.807, 2.05) is 60.7 Å². The molecule has 0 atom stereocenters. The summed E-state index contributed by atoms with van der Waals surface area (Å²) in [7, 11) is 0. The van der Waals surface area contributed by atoms with Gasteiger partial charge in [-0.1, -0.05) is 101 Å². The average molecular weight is 655 g/mol. The molecule has 0 aromatic heterocycles. The van der Waals surface area contributed by atoms with E-state index >= 15 is 0 Å². The summed E-state index contributed by atoms with van der Waals surface area (Å²) in [6.07, 6.45) is 11.9. The minimum atomic E-state index is -0.357. The molecule has 0 saturated carbocycles. The van der Waals surface area contributed by atoms with Gasteiger partial charge in [-0.2, -0.15) is 12.1 Å². The molecule has 4 rings (SSSR count). The maximum absolute atomic E-state index is 12.0. The van der Waals surface area contributed by atoms with Crippen LogP contribution in [0.5, 0.6) is 23.0 Å². The van der Waals surface area contributed by atoms with Crippen LogP contribution in [0.1, 0.15) is 98.8 Å². The molecule has 7 heteroatoms. The second-order valence-corrected chi connectivity index (χ2v) is 10.5. The number of hydrogen-bond acceptors (Lipinski definition) is 6. The molecule has 0 bridgehead atoms. The Kier molecular flexibility index (Phi) is 18.8. The Hall–Kier alpha value is -3.80. The zero-order valence-corrected chi connectivity index (χ0v) is 27.6. The van der Waals surface area contributed by atoms with Gasteiger partial charge < -0.3 is 53.6 Å². The third-order valence-corrected chi connectivity index (χ3v) is 6.91. The van der Waals surface area contributed by atoms with Crippen molar-refractivity contribution in [3.8, 4) is 23.0 Å². The van der Waals surface area contributed by atoms with Crippen LogP contribution < -0.4 is 18.9 Å². The van der Waals surface area contributed by atoms with Crippen LogP contribution in [0.25, 0.3) is 0 Å². The van der Waals surface area contributed by atoms with E-state index in [4.69, 9.17) is 18.9 Å². The van der Waals surface area contributed by atoms with Gasteiger partial charge in [0.25, 0.3) is 5.97 Å². The van der Waals surface area contributed by atoms with Crippen molar-refractivity contribution in [2.75, 3.05) is 13.2 Å². The van der Waals surface area contributed by atoms with E-state index in [2.05, 4.69) is 13.8 Å². The Balaban J connectivity index is 0.000000307. The van der Waals surface area contributed by atoms with Crippen molar-refractivity contribution in [2.24, 2.45) is 0 Å². The molecule has 4 aromatic rings. The molecule has 4 aromatic carbocycles. The quantitative estimate of drug-likeness (QED) is 0.0350. The zero-order chi connectivity index (χ0) is 31.2. The van der Waals surface area contributed by atoms with Crippen LogP contribution in [0, 0.1) is 0 Å². The molecule has 0 N–H and O–H groups in total. The van der Waals surface area contributed by atoms with Crippen molar-refractivity contribution < 1.29 is 45.6 Å². The number of hydrogen-bond donors (Lipinski definition) is 0. The summed E-state index contributed by atoms with van der Waals surface area (Å²) in [6, 6.07) is 28.8. The van der Waals surface area contributed by atoms with E-state index in [-0.39, 0.29) is 29.0 Å². The Labute approximate surface area is 279 Å². The first-order chi connectivity index (χ1) is 21.6. The van der Waals surface area contributed by atoms with E-state index in [0.717, 1.165) is 12.8 Å². The normalized spacial score (nSPS) is 10.2. The molecule has 45 heavy (non-hydrogen) atoms. The zero-order valence-electron chi connectivity index (χ0n) is 26.5. The van der Waals surface area contributed by atoms with Crippen LogP contribution in [0.2, 0.25) is 0 Å². The molecule has 248 valence electrons. The molecular formula is C38H46FeO6-6. The van der Waals surface area contributed by atoms with Crippen molar-refractivity contribution in [3.63, 3.8) is 0 Å². The second kappa shape index (κ2) is 22.7. The first-order valence-electron chi connectivity index (χ1n) is 15.9. The molecule has 0 fully saturated rings. The number of benzene rings is 2. The fraction of sp³-hybridized carbons (Fsp3) is 0.368. The van der Waals surface area contributed by atoms with Gasteiger partial charge in [-0.05, 0) is 37.1 Å². The van der Waals surface area contributed by atoms with Gasteiger partial charge in [-0.25, -0.2) is 12.1 Å². The van der Waals surface area contributed by atoms with Crippen LogP contribution in [-0.2, 0) is 17.1 Å². The summed E-state index contributed by atoms with van der Waals surface area (Å²) in [5.74, 6) is 1.48. The molecule has 6 nitrogen and oxygen atoms in total. The van der Waals surface area contributed by atoms with Crippen LogP contribution >= 0.6 is 0 Å². The van der Waals surface area contributed by atoms with Gasteiger partial charge in [0.2, 0.25) is 0 Å². The maximum Gasteiger partial charge on any atom is 0.286 e. The Morgan fingerprint density at radius 3 is 1.47 bits per heavy atom. The number of unbranched alkanes of at least 4 members (excludes halogenated alkanes) is 8. The maximum atomic E-state index is 12.0. The Bertz CT molecular complexity index is 1230. The Morgan fingerprint density at radius 1 is 0.578 bits per heavy atom. The fourth-order valence-electron chi connectivity index (χ4n) is 4.42. The number of ether oxygens (including phenoxy) is 4. The van der Waals surface area contributed by atoms with Gasteiger partial charge in [0, 0.05) is 17.1 Å². The first kappa shape index (κ1) is 37.4.